The molecule has 0 atom stereocenters. The molecule has 0 radical (unpaired) electrons. The van der Waals surface area contributed by atoms with Gasteiger partial charge in [-0.05, 0) is 49.2 Å². The van der Waals surface area contributed by atoms with Gasteiger partial charge in [0.15, 0.2) is 0 Å². The van der Waals surface area contributed by atoms with Gasteiger partial charge in [0, 0.05) is 52.0 Å². The number of aromatic nitrogens is 2. The quantitative estimate of drug-likeness (QED) is 0.662. The van der Waals surface area contributed by atoms with Crippen molar-refractivity contribution in [2.45, 2.75) is 13.8 Å². The minimum absolute atomic E-state index is 0.179. The van der Waals surface area contributed by atoms with Crippen molar-refractivity contribution >= 4 is 29.0 Å². The van der Waals surface area contributed by atoms with E-state index in [-0.39, 0.29) is 5.82 Å². The van der Waals surface area contributed by atoms with Crippen LogP contribution in [0.4, 0.5) is 33.3 Å². The van der Waals surface area contributed by atoms with Gasteiger partial charge < -0.3 is 20.0 Å². The molecule has 1 N–H and O–H groups in total. The first-order valence-corrected chi connectivity index (χ1v) is 10.6. The smallest absolute Gasteiger partial charge is 0.229 e. The number of halogens is 1. The number of hydrogen-bond acceptors (Lipinski definition) is 6. The van der Waals surface area contributed by atoms with Gasteiger partial charge in [0.2, 0.25) is 5.95 Å². The van der Waals surface area contributed by atoms with E-state index in [4.69, 9.17) is 9.97 Å². The maximum atomic E-state index is 14.2. The molecule has 0 saturated carbocycles. The van der Waals surface area contributed by atoms with E-state index in [2.05, 4.69) is 47.2 Å². The molecule has 4 rings (SSSR count). The van der Waals surface area contributed by atoms with Gasteiger partial charge in [-0.3, -0.25) is 0 Å². The minimum atomic E-state index is -0.179. The SMILES string of the molecule is Cc1ccc(Nc2cc(N(C)C)nc(N3CCN(c4ccccc4F)CC3)n2)cc1C. The first-order valence-electron chi connectivity index (χ1n) is 10.6. The Hall–Kier alpha value is -3.35. The first kappa shape index (κ1) is 20.9. The third-order valence-corrected chi connectivity index (χ3v) is 5.69. The molecule has 2 heterocycles. The molecule has 0 aliphatic carbocycles. The fourth-order valence-corrected chi connectivity index (χ4v) is 3.68. The van der Waals surface area contributed by atoms with Gasteiger partial charge in [-0.1, -0.05) is 18.2 Å². The molecule has 0 spiro atoms. The maximum Gasteiger partial charge on any atom is 0.229 e. The second-order valence-electron chi connectivity index (χ2n) is 8.16. The van der Waals surface area contributed by atoms with Crippen molar-refractivity contribution in [1.29, 1.82) is 0 Å². The summed E-state index contributed by atoms with van der Waals surface area (Å²) in [5, 5.41) is 3.42. The van der Waals surface area contributed by atoms with E-state index in [1.165, 1.54) is 17.2 Å². The van der Waals surface area contributed by atoms with E-state index < -0.39 is 0 Å². The van der Waals surface area contributed by atoms with Crippen LogP contribution in [-0.2, 0) is 0 Å². The molecule has 1 saturated heterocycles. The lowest BCUT2D eigenvalue weighted by Crippen LogP contribution is -2.47. The van der Waals surface area contributed by atoms with Crippen LogP contribution >= 0.6 is 0 Å². The number of benzene rings is 2. The zero-order chi connectivity index (χ0) is 22.0. The largest absolute Gasteiger partial charge is 0.366 e. The van der Waals surface area contributed by atoms with Gasteiger partial charge in [0.25, 0.3) is 0 Å². The summed E-state index contributed by atoms with van der Waals surface area (Å²) in [4.78, 5) is 15.8. The number of nitrogens with one attached hydrogen (secondary N) is 1. The van der Waals surface area contributed by atoms with Crippen LogP contribution in [0.3, 0.4) is 0 Å². The first-order chi connectivity index (χ1) is 14.9. The van der Waals surface area contributed by atoms with Gasteiger partial charge in [-0.15, -0.1) is 0 Å². The number of anilines is 5. The van der Waals surface area contributed by atoms with Crippen LogP contribution in [0.25, 0.3) is 0 Å². The molecule has 2 aromatic carbocycles. The van der Waals surface area contributed by atoms with E-state index in [9.17, 15) is 4.39 Å². The van der Waals surface area contributed by atoms with E-state index in [1.54, 1.807) is 6.07 Å². The molecule has 1 aromatic heterocycles. The zero-order valence-corrected chi connectivity index (χ0v) is 18.6. The predicted molar refractivity (Wildman–Crippen MR) is 126 cm³/mol. The monoisotopic (exact) mass is 420 g/mol. The number of hydrogen-bond donors (Lipinski definition) is 1. The number of nitrogens with zero attached hydrogens (tertiary/aromatic N) is 5. The highest BCUT2D eigenvalue weighted by atomic mass is 19.1. The van der Waals surface area contributed by atoms with Crippen molar-refractivity contribution in [2.75, 3.05) is 60.3 Å². The summed E-state index contributed by atoms with van der Waals surface area (Å²) < 4.78 is 14.2. The molecule has 6 nitrogen and oxygen atoms in total. The molecule has 31 heavy (non-hydrogen) atoms. The summed E-state index contributed by atoms with van der Waals surface area (Å²) in [7, 11) is 3.95. The molecule has 162 valence electrons. The van der Waals surface area contributed by atoms with Crippen LogP contribution in [-0.4, -0.2) is 50.2 Å². The van der Waals surface area contributed by atoms with Gasteiger partial charge in [0.05, 0.1) is 5.69 Å². The average molecular weight is 421 g/mol. The Kier molecular flexibility index (Phi) is 5.93. The van der Waals surface area contributed by atoms with E-state index in [0.29, 0.717) is 11.6 Å². The van der Waals surface area contributed by atoms with Crippen molar-refractivity contribution < 1.29 is 4.39 Å². The van der Waals surface area contributed by atoms with Crippen LogP contribution in [0.15, 0.2) is 48.5 Å². The van der Waals surface area contributed by atoms with E-state index in [0.717, 1.165) is 43.5 Å². The fraction of sp³-hybridized carbons (Fsp3) is 0.333. The summed E-state index contributed by atoms with van der Waals surface area (Å²) in [5.74, 6) is 2.11. The van der Waals surface area contributed by atoms with Crippen molar-refractivity contribution in [3.63, 3.8) is 0 Å². The zero-order valence-electron chi connectivity index (χ0n) is 18.6. The highest BCUT2D eigenvalue weighted by Crippen LogP contribution is 2.26. The molecule has 0 amide bonds. The standard InChI is InChI=1S/C24H29FN6/c1-17-9-10-19(15-18(17)2)26-22-16-23(29(3)4)28-24(27-22)31-13-11-30(12-14-31)21-8-6-5-7-20(21)25/h5-10,15-16H,11-14H2,1-4H3,(H,26,27,28). The Morgan fingerprint density at radius 2 is 1.58 bits per heavy atom. The van der Waals surface area contributed by atoms with Crippen molar-refractivity contribution in [3.05, 3.63) is 65.5 Å². The van der Waals surface area contributed by atoms with Gasteiger partial charge in [-0.25, -0.2) is 4.39 Å². The normalized spacial score (nSPS) is 14.0. The lowest BCUT2D eigenvalue weighted by molar-refractivity contribution is 0.594. The molecular formula is C24H29FN6. The molecule has 3 aromatic rings. The van der Waals surface area contributed by atoms with Crippen LogP contribution in [0.1, 0.15) is 11.1 Å². The van der Waals surface area contributed by atoms with E-state index >= 15 is 0 Å². The lowest BCUT2D eigenvalue weighted by Gasteiger charge is -2.36. The second-order valence-corrected chi connectivity index (χ2v) is 8.16. The Balaban J connectivity index is 1.54. The van der Waals surface area contributed by atoms with Crippen molar-refractivity contribution in [2.24, 2.45) is 0 Å². The third kappa shape index (κ3) is 4.71. The maximum absolute atomic E-state index is 14.2. The van der Waals surface area contributed by atoms with Crippen molar-refractivity contribution in [1.82, 2.24) is 9.97 Å². The number of piperazine rings is 1. The van der Waals surface area contributed by atoms with Gasteiger partial charge >= 0.3 is 0 Å². The van der Waals surface area contributed by atoms with Gasteiger partial charge in [0.1, 0.15) is 17.5 Å². The van der Waals surface area contributed by atoms with Crippen molar-refractivity contribution in [3.8, 4) is 0 Å². The highest BCUT2D eigenvalue weighted by molar-refractivity contribution is 5.63. The van der Waals surface area contributed by atoms with Crippen LogP contribution in [0, 0.1) is 19.7 Å². The Morgan fingerprint density at radius 3 is 2.26 bits per heavy atom. The lowest BCUT2D eigenvalue weighted by atomic mass is 10.1. The summed E-state index contributed by atoms with van der Waals surface area (Å²) in [6.45, 7) is 7.11. The number of para-hydroxylation sites is 1. The Morgan fingerprint density at radius 1 is 0.871 bits per heavy atom. The molecular weight excluding hydrogens is 391 g/mol. The van der Waals surface area contributed by atoms with Crippen LogP contribution < -0.4 is 20.0 Å². The number of rotatable bonds is 5. The molecule has 1 aliphatic heterocycles. The molecule has 7 heteroatoms. The Labute approximate surface area is 183 Å². The summed E-state index contributed by atoms with van der Waals surface area (Å²) in [6, 6.07) is 15.2. The van der Waals surface area contributed by atoms with Gasteiger partial charge in [-0.2, -0.15) is 9.97 Å². The van der Waals surface area contributed by atoms with Crippen LogP contribution in [0.5, 0.6) is 0 Å². The third-order valence-electron chi connectivity index (χ3n) is 5.69. The summed E-state index contributed by atoms with van der Waals surface area (Å²) in [6.07, 6.45) is 0. The number of aryl methyl sites for hydroxylation is 2. The molecule has 0 unspecified atom stereocenters. The summed E-state index contributed by atoms with van der Waals surface area (Å²) >= 11 is 0. The fourth-order valence-electron chi connectivity index (χ4n) is 3.68. The second kappa shape index (κ2) is 8.79. The predicted octanol–water partition coefficient (Wildman–Crippen LogP) is 4.37. The van der Waals surface area contributed by atoms with E-state index in [1.807, 2.05) is 37.2 Å². The summed E-state index contributed by atoms with van der Waals surface area (Å²) in [5.41, 5.74) is 4.15. The molecule has 1 aliphatic rings. The molecule has 0 bridgehead atoms. The molecule has 1 fully saturated rings. The average Bonchev–Trinajstić information content (AvgIpc) is 2.76. The topological polar surface area (TPSA) is 47.5 Å². The highest BCUT2D eigenvalue weighted by Gasteiger charge is 2.22. The Bertz CT molecular complexity index is 1060. The van der Waals surface area contributed by atoms with Crippen LogP contribution in [0.2, 0.25) is 0 Å². The minimum Gasteiger partial charge on any atom is -0.366 e.